The minimum atomic E-state index is -4.69. The van der Waals surface area contributed by atoms with E-state index in [0.29, 0.717) is 23.3 Å². The van der Waals surface area contributed by atoms with E-state index in [0.717, 1.165) is 23.0 Å². The third kappa shape index (κ3) is 4.38. The number of nitrogens with one attached hydrogen (secondary N) is 2. The maximum absolute atomic E-state index is 13.7. The highest BCUT2D eigenvalue weighted by Crippen LogP contribution is 2.41. The summed E-state index contributed by atoms with van der Waals surface area (Å²) >= 11 is 1.31. The molecule has 1 saturated heterocycles. The number of alkyl halides is 3. The number of hydrogen-bond donors (Lipinski definition) is 2. The van der Waals surface area contributed by atoms with Crippen LogP contribution in [-0.4, -0.2) is 34.5 Å². The van der Waals surface area contributed by atoms with Crippen molar-refractivity contribution in [2.45, 2.75) is 55.0 Å². The summed E-state index contributed by atoms with van der Waals surface area (Å²) < 4.78 is 41.0. The fourth-order valence-electron chi connectivity index (χ4n) is 4.32. The van der Waals surface area contributed by atoms with Gasteiger partial charge in [-0.15, -0.1) is 11.8 Å². The van der Waals surface area contributed by atoms with Crippen molar-refractivity contribution in [1.82, 2.24) is 10.2 Å². The van der Waals surface area contributed by atoms with Crippen LogP contribution in [0.3, 0.4) is 0 Å². The summed E-state index contributed by atoms with van der Waals surface area (Å²) in [5.41, 5.74) is -1.01. The lowest BCUT2D eigenvalue weighted by atomic mass is 9.92. The van der Waals surface area contributed by atoms with Gasteiger partial charge >= 0.3 is 12.2 Å². The number of carbonyl (C=O) groups excluding carboxylic acids is 3. The van der Waals surface area contributed by atoms with Crippen molar-refractivity contribution in [2.24, 2.45) is 0 Å². The molecule has 2 aliphatic rings. The number of urea groups is 1. The molecule has 2 aromatic rings. The highest BCUT2D eigenvalue weighted by molar-refractivity contribution is 7.99. The van der Waals surface area contributed by atoms with E-state index in [1.807, 2.05) is 26.0 Å². The first-order chi connectivity index (χ1) is 16.0. The van der Waals surface area contributed by atoms with Crippen LogP contribution < -0.4 is 10.6 Å². The number of hydrogen-bond acceptors (Lipinski definition) is 4. The molecule has 34 heavy (non-hydrogen) atoms. The highest BCUT2D eigenvalue weighted by Gasteiger charge is 2.55. The van der Waals surface area contributed by atoms with Crippen molar-refractivity contribution in [2.75, 3.05) is 11.9 Å². The van der Waals surface area contributed by atoms with E-state index < -0.39 is 47.4 Å². The molecule has 0 aromatic heterocycles. The molecule has 2 N–H and O–H groups in total. The van der Waals surface area contributed by atoms with Crippen LogP contribution in [0.4, 0.5) is 23.7 Å². The predicted molar refractivity (Wildman–Crippen MR) is 122 cm³/mol. The average molecular weight is 492 g/mol. The zero-order valence-electron chi connectivity index (χ0n) is 18.7. The SMILES string of the molecule is CCC(C)Sc1ccc(NC(=O)CN2C(=O)NC3(CCc4ccccc43)C2=O)c(C(F)(F)F)c1. The zero-order chi connectivity index (χ0) is 24.7. The maximum Gasteiger partial charge on any atom is 0.418 e. The van der Waals surface area contributed by atoms with E-state index in [1.54, 1.807) is 12.1 Å². The lowest BCUT2D eigenvalue weighted by molar-refractivity contribution is -0.137. The number of carbonyl (C=O) groups is 3. The van der Waals surface area contributed by atoms with Crippen molar-refractivity contribution < 1.29 is 27.6 Å². The van der Waals surface area contributed by atoms with Gasteiger partial charge in [-0.25, -0.2) is 4.79 Å². The van der Waals surface area contributed by atoms with Gasteiger partial charge in [0.05, 0.1) is 11.3 Å². The van der Waals surface area contributed by atoms with Gasteiger partial charge in [-0.3, -0.25) is 14.5 Å². The van der Waals surface area contributed by atoms with Crippen molar-refractivity contribution in [3.63, 3.8) is 0 Å². The molecular formula is C24H24F3N3O3S. The fraction of sp³-hybridized carbons (Fsp3) is 0.375. The molecule has 1 aliphatic heterocycles. The first-order valence-electron chi connectivity index (χ1n) is 11.0. The van der Waals surface area contributed by atoms with E-state index in [1.165, 1.54) is 23.9 Å². The van der Waals surface area contributed by atoms with Gasteiger partial charge in [0.25, 0.3) is 5.91 Å². The van der Waals surface area contributed by atoms with E-state index in [9.17, 15) is 27.6 Å². The van der Waals surface area contributed by atoms with E-state index in [2.05, 4.69) is 10.6 Å². The molecule has 1 spiro atoms. The van der Waals surface area contributed by atoms with Gasteiger partial charge < -0.3 is 10.6 Å². The molecule has 4 rings (SSSR count). The Labute approximate surface area is 199 Å². The third-order valence-corrected chi connectivity index (χ3v) is 7.47. The van der Waals surface area contributed by atoms with Crippen molar-refractivity contribution in [1.29, 1.82) is 0 Å². The fourth-order valence-corrected chi connectivity index (χ4v) is 5.29. The lowest BCUT2D eigenvalue weighted by Gasteiger charge is -2.22. The number of fused-ring (bicyclic) bond motifs is 2. The average Bonchev–Trinajstić information content (AvgIpc) is 3.27. The van der Waals surface area contributed by atoms with Crippen molar-refractivity contribution >= 4 is 35.3 Å². The Kier molecular flexibility index (Phi) is 6.37. The number of amides is 4. The number of halogens is 3. The largest absolute Gasteiger partial charge is 0.418 e. The van der Waals surface area contributed by atoms with E-state index >= 15 is 0 Å². The van der Waals surface area contributed by atoms with E-state index in [4.69, 9.17) is 0 Å². The second-order valence-electron chi connectivity index (χ2n) is 8.47. The Morgan fingerprint density at radius 2 is 1.97 bits per heavy atom. The molecule has 10 heteroatoms. The van der Waals surface area contributed by atoms with Gasteiger partial charge in [-0.2, -0.15) is 13.2 Å². The second kappa shape index (κ2) is 8.98. The molecule has 2 aromatic carbocycles. The van der Waals surface area contributed by atoms with Crippen molar-refractivity contribution in [3.8, 4) is 0 Å². The molecule has 6 nitrogen and oxygen atoms in total. The molecule has 1 heterocycles. The minimum absolute atomic E-state index is 0.134. The standard InChI is InChI=1S/C24H24F3N3O3S/c1-3-14(2)34-16-8-9-19(18(12-16)24(25,26)27)28-20(31)13-30-21(32)23(29-22(30)33)11-10-15-6-4-5-7-17(15)23/h4-9,12,14H,3,10-11,13H2,1-2H3,(H,28,31)(H,29,33). The number of imide groups is 1. The number of aryl methyl sites for hydroxylation is 1. The molecule has 0 saturated carbocycles. The first kappa shape index (κ1) is 24.1. The summed E-state index contributed by atoms with van der Waals surface area (Å²) in [6, 6.07) is 10.2. The quantitative estimate of drug-likeness (QED) is 0.444. The van der Waals surface area contributed by atoms with Gasteiger partial charge in [-0.05, 0) is 48.6 Å². The molecule has 2 unspecified atom stereocenters. The van der Waals surface area contributed by atoms with Crippen LogP contribution in [-0.2, 0) is 27.7 Å². The zero-order valence-corrected chi connectivity index (χ0v) is 19.5. The van der Waals surface area contributed by atoms with Crippen LogP contribution in [0.15, 0.2) is 47.4 Å². The summed E-state index contributed by atoms with van der Waals surface area (Å²) in [4.78, 5) is 39.6. The highest BCUT2D eigenvalue weighted by atomic mass is 32.2. The summed E-state index contributed by atoms with van der Waals surface area (Å²) in [5, 5.41) is 5.07. The molecular weight excluding hydrogens is 467 g/mol. The normalized spacial score (nSPS) is 20.4. The summed E-state index contributed by atoms with van der Waals surface area (Å²) in [7, 11) is 0. The summed E-state index contributed by atoms with van der Waals surface area (Å²) in [6.45, 7) is 3.18. The lowest BCUT2D eigenvalue weighted by Crippen LogP contribution is -2.43. The monoisotopic (exact) mass is 491 g/mol. The smallest absolute Gasteiger partial charge is 0.324 e. The molecule has 2 atom stereocenters. The van der Waals surface area contributed by atoms with Gasteiger partial charge in [0.2, 0.25) is 5.91 Å². The Balaban J connectivity index is 1.52. The second-order valence-corrected chi connectivity index (χ2v) is 9.99. The molecule has 4 amide bonds. The van der Waals surface area contributed by atoms with Crippen molar-refractivity contribution in [3.05, 3.63) is 59.2 Å². The van der Waals surface area contributed by atoms with Crippen LogP contribution in [0.2, 0.25) is 0 Å². The topological polar surface area (TPSA) is 78.5 Å². The first-order valence-corrected chi connectivity index (χ1v) is 11.8. The van der Waals surface area contributed by atoms with Gasteiger partial charge in [-0.1, -0.05) is 38.1 Å². The number of benzene rings is 2. The van der Waals surface area contributed by atoms with Crippen LogP contribution in [0, 0.1) is 0 Å². The number of nitrogens with zero attached hydrogens (tertiary/aromatic N) is 1. The Morgan fingerprint density at radius 1 is 1.24 bits per heavy atom. The Hall–Kier alpha value is -3.01. The third-order valence-electron chi connectivity index (χ3n) is 6.21. The van der Waals surface area contributed by atoms with Gasteiger partial charge in [0.15, 0.2) is 0 Å². The summed E-state index contributed by atoms with van der Waals surface area (Å²) in [5.74, 6) is -1.46. The molecule has 180 valence electrons. The Bertz CT molecular complexity index is 1150. The number of thioether (sulfide) groups is 1. The van der Waals surface area contributed by atoms with Crippen LogP contribution in [0.1, 0.15) is 43.4 Å². The van der Waals surface area contributed by atoms with Gasteiger partial charge in [0, 0.05) is 10.1 Å². The number of rotatable bonds is 6. The summed E-state index contributed by atoms with van der Waals surface area (Å²) in [6.07, 6.45) is -2.93. The van der Waals surface area contributed by atoms with E-state index in [-0.39, 0.29) is 5.25 Å². The maximum atomic E-state index is 13.7. The van der Waals surface area contributed by atoms with Gasteiger partial charge in [0.1, 0.15) is 12.1 Å². The van der Waals surface area contributed by atoms with Crippen LogP contribution >= 0.6 is 11.8 Å². The molecule has 0 bridgehead atoms. The Morgan fingerprint density at radius 3 is 2.68 bits per heavy atom. The predicted octanol–water partition coefficient (Wildman–Crippen LogP) is 4.93. The molecule has 0 radical (unpaired) electrons. The minimum Gasteiger partial charge on any atom is -0.324 e. The number of anilines is 1. The van der Waals surface area contributed by atoms with Crippen LogP contribution in [0.25, 0.3) is 0 Å². The molecule has 1 fully saturated rings. The molecule has 1 aliphatic carbocycles. The van der Waals surface area contributed by atoms with Crippen LogP contribution in [0.5, 0.6) is 0 Å².